The minimum atomic E-state index is -0.769. The summed E-state index contributed by atoms with van der Waals surface area (Å²) in [5.74, 6) is 0.838. The van der Waals surface area contributed by atoms with E-state index in [-0.39, 0.29) is 24.3 Å². The van der Waals surface area contributed by atoms with Gasteiger partial charge in [0.1, 0.15) is 18.1 Å². The summed E-state index contributed by atoms with van der Waals surface area (Å²) in [7, 11) is 3.50. The van der Waals surface area contributed by atoms with Gasteiger partial charge >= 0.3 is 0 Å². The molecule has 0 radical (unpaired) electrons. The lowest BCUT2D eigenvalue weighted by molar-refractivity contribution is -0.134. The van der Waals surface area contributed by atoms with Crippen molar-refractivity contribution in [2.24, 2.45) is 5.92 Å². The highest BCUT2D eigenvalue weighted by Crippen LogP contribution is 2.34. The fraction of sp³-hybridized carbons (Fsp3) is 0.440. The van der Waals surface area contributed by atoms with Crippen molar-refractivity contribution in [3.8, 4) is 11.5 Å². The molecule has 7 heteroatoms. The van der Waals surface area contributed by atoms with Gasteiger partial charge in [-0.05, 0) is 37.6 Å². The molecule has 0 aromatic heterocycles. The first kappa shape index (κ1) is 22.1. The average molecular weight is 438 g/mol. The van der Waals surface area contributed by atoms with Crippen molar-refractivity contribution in [3.05, 3.63) is 59.7 Å². The number of hydrogen-bond donors (Lipinski definition) is 1. The number of fused-ring (bicyclic) bond motifs is 1. The first-order valence-electron chi connectivity index (χ1n) is 11.1. The number of rotatable bonds is 6. The Morgan fingerprint density at radius 2 is 1.97 bits per heavy atom. The normalized spacial score (nSPS) is 22.6. The number of amides is 2. The number of benzene rings is 2. The van der Waals surface area contributed by atoms with Gasteiger partial charge in [-0.3, -0.25) is 14.5 Å². The highest BCUT2D eigenvalue weighted by molar-refractivity contribution is 5.98. The van der Waals surface area contributed by atoms with Crippen molar-refractivity contribution in [2.45, 2.75) is 18.9 Å². The maximum Gasteiger partial charge on any atom is 0.255 e. The minimum Gasteiger partial charge on any atom is -0.494 e. The molecule has 4 rings (SSSR count). The summed E-state index contributed by atoms with van der Waals surface area (Å²) in [5, 5.41) is 3.16. The highest BCUT2D eigenvalue weighted by Gasteiger charge is 2.53. The molecule has 32 heavy (non-hydrogen) atoms. The summed E-state index contributed by atoms with van der Waals surface area (Å²) in [6, 6.07) is 15.2. The molecular weight excluding hydrogens is 406 g/mol. The second kappa shape index (κ2) is 9.20. The van der Waals surface area contributed by atoms with Crippen LogP contribution >= 0.6 is 0 Å². The molecule has 0 saturated carbocycles. The van der Waals surface area contributed by atoms with E-state index in [1.54, 1.807) is 31.1 Å². The third kappa shape index (κ3) is 4.58. The second-order valence-corrected chi connectivity index (χ2v) is 8.93. The first-order valence-corrected chi connectivity index (χ1v) is 11.1. The first-order chi connectivity index (χ1) is 15.4. The van der Waals surface area contributed by atoms with Gasteiger partial charge < -0.3 is 19.7 Å². The maximum atomic E-state index is 13.1. The van der Waals surface area contributed by atoms with Crippen molar-refractivity contribution in [1.29, 1.82) is 0 Å². The van der Waals surface area contributed by atoms with Crippen LogP contribution in [0.5, 0.6) is 11.5 Å². The predicted molar refractivity (Wildman–Crippen MR) is 122 cm³/mol. The van der Waals surface area contributed by atoms with Crippen LogP contribution in [-0.4, -0.2) is 74.1 Å². The quantitative estimate of drug-likeness (QED) is 0.703. The Morgan fingerprint density at radius 1 is 1.22 bits per heavy atom. The lowest BCUT2D eigenvalue weighted by Crippen LogP contribution is -2.60. The molecule has 1 saturated heterocycles. The molecule has 0 unspecified atom stereocenters. The van der Waals surface area contributed by atoms with E-state index in [4.69, 9.17) is 9.47 Å². The number of nitrogens with one attached hydrogen (secondary N) is 1. The predicted octanol–water partition coefficient (Wildman–Crippen LogP) is 2.35. The lowest BCUT2D eigenvalue weighted by atomic mass is 9.86. The van der Waals surface area contributed by atoms with Gasteiger partial charge in [0.15, 0.2) is 0 Å². The molecule has 2 heterocycles. The fourth-order valence-electron chi connectivity index (χ4n) is 4.50. The van der Waals surface area contributed by atoms with Crippen LogP contribution in [0.3, 0.4) is 0 Å². The van der Waals surface area contributed by atoms with Gasteiger partial charge in [-0.1, -0.05) is 29.8 Å². The number of aryl methyl sites for hydroxylation is 1. The van der Waals surface area contributed by atoms with Crippen molar-refractivity contribution in [1.82, 2.24) is 15.1 Å². The number of ether oxygens (including phenoxy) is 2. The van der Waals surface area contributed by atoms with Gasteiger partial charge in [0, 0.05) is 33.7 Å². The van der Waals surface area contributed by atoms with Crippen LogP contribution in [0.2, 0.25) is 0 Å². The molecule has 2 aliphatic heterocycles. The van der Waals surface area contributed by atoms with E-state index in [9.17, 15) is 9.59 Å². The average Bonchev–Trinajstić information content (AvgIpc) is 3.06. The standard InChI is InChI=1S/C25H31N3O4/c1-18-9-11-19(12-10-18)31-14-6-13-28-15-21(24(30)27(2)3)25(16-28)17-32-22-8-5-4-7-20(22)23(29)26-25/h4-5,7-12,21H,6,13-17H2,1-3H3,(H,26,29)/t21-,25-/m1/s1. The molecule has 2 aliphatic rings. The summed E-state index contributed by atoms with van der Waals surface area (Å²) in [6.45, 7) is 4.80. The third-order valence-corrected chi connectivity index (χ3v) is 6.24. The Kier molecular flexibility index (Phi) is 6.37. The molecule has 1 N–H and O–H groups in total. The van der Waals surface area contributed by atoms with E-state index in [0.29, 0.717) is 31.0 Å². The van der Waals surface area contributed by atoms with Gasteiger partial charge in [-0.15, -0.1) is 0 Å². The number of hydrogen-bond acceptors (Lipinski definition) is 5. The summed E-state index contributed by atoms with van der Waals surface area (Å²) in [6.07, 6.45) is 0.821. The monoisotopic (exact) mass is 437 g/mol. The largest absolute Gasteiger partial charge is 0.494 e. The topological polar surface area (TPSA) is 71.1 Å². The fourth-order valence-corrected chi connectivity index (χ4v) is 4.50. The molecular formula is C25H31N3O4. The Bertz CT molecular complexity index is 975. The number of carbonyl (C=O) groups excluding carboxylic acids is 2. The lowest BCUT2D eigenvalue weighted by Gasteiger charge is -2.34. The Balaban J connectivity index is 1.43. The molecule has 2 amide bonds. The van der Waals surface area contributed by atoms with E-state index < -0.39 is 5.54 Å². The Hall–Kier alpha value is -3.06. The van der Waals surface area contributed by atoms with Gasteiger partial charge in [-0.2, -0.15) is 0 Å². The summed E-state index contributed by atoms with van der Waals surface area (Å²) in [5.41, 5.74) is 0.937. The Labute approximate surface area is 189 Å². The Morgan fingerprint density at radius 3 is 2.72 bits per heavy atom. The van der Waals surface area contributed by atoms with Crippen molar-refractivity contribution in [3.63, 3.8) is 0 Å². The molecule has 1 fully saturated rings. The third-order valence-electron chi connectivity index (χ3n) is 6.24. The van der Waals surface area contributed by atoms with Gasteiger partial charge in [-0.25, -0.2) is 0 Å². The van der Waals surface area contributed by atoms with E-state index in [0.717, 1.165) is 18.7 Å². The molecule has 1 spiro atoms. The number of likely N-dealkylation sites (tertiary alicyclic amines) is 1. The molecule has 2 atom stereocenters. The van der Waals surface area contributed by atoms with Crippen LogP contribution in [0.1, 0.15) is 22.3 Å². The summed E-state index contributed by atoms with van der Waals surface area (Å²) < 4.78 is 11.9. The molecule has 0 aliphatic carbocycles. The van der Waals surface area contributed by atoms with Gasteiger partial charge in [0.2, 0.25) is 5.91 Å². The van der Waals surface area contributed by atoms with E-state index >= 15 is 0 Å². The van der Waals surface area contributed by atoms with Crippen LogP contribution in [-0.2, 0) is 4.79 Å². The van der Waals surface area contributed by atoms with Gasteiger partial charge in [0.25, 0.3) is 5.91 Å². The van der Waals surface area contributed by atoms with Crippen molar-refractivity contribution < 1.29 is 19.1 Å². The van der Waals surface area contributed by atoms with Crippen LogP contribution in [0.15, 0.2) is 48.5 Å². The van der Waals surface area contributed by atoms with E-state index in [2.05, 4.69) is 10.2 Å². The van der Waals surface area contributed by atoms with Crippen LogP contribution in [0.4, 0.5) is 0 Å². The maximum absolute atomic E-state index is 13.1. The number of nitrogens with zero attached hydrogens (tertiary/aromatic N) is 2. The molecule has 2 aromatic carbocycles. The second-order valence-electron chi connectivity index (χ2n) is 8.93. The number of carbonyl (C=O) groups is 2. The molecule has 7 nitrogen and oxygen atoms in total. The van der Waals surface area contributed by atoms with Gasteiger partial charge in [0.05, 0.1) is 23.6 Å². The zero-order valence-electron chi connectivity index (χ0n) is 19.0. The zero-order valence-corrected chi connectivity index (χ0v) is 19.0. The smallest absolute Gasteiger partial charge is 0.255 e. The molecule has 0 bridgehead atoms. The van der Waals surface area contributed by atoms with E-state index in [1.807, 2.05) is 43.3 Å². The molecule has 2 aromatic rings. The minimum absolute atomic E-state index is 0.00161. The zero-order chi connectivity index (χ0) is 22.7. The van der Waals surface area contributed by atoms with Crippen LogP contribution in [0.25, 0.3) is 0 Å². The SMILES string of the molecule is Cc1ccc(OCCCN2C[C@H](C(=O)N(C)C)[C@]3(COc4ccccc4C(=O)N3)C2)cc1. The highest BCUT2D eigenvalue weighted by atomic mass is 16.5. The van der Waals surface area contributed by atoms with Crippen LogP contribution < -0.4 is 14.8 Å². The number of para-hydroxylation sites is 1. The molecule has 170 valence electrons. The van der Waals surface area contributed by atoms with Crippen LogP contribution in [0, 0.1) is 12.8 Å². The summed E-state index contributed by atoms with van der Waals surface area (Å²) >= 11 is 0. The van der Waals surface area contributed by atoms with Crippen molar-refractivity contribution >= 4 is 11.8 Å². The van der Waals surface area contributed by atoms with Crippen molar-refractivity contribution in [2.75, 3.05) is 46.9 Å². The summed E-state index contributed by atoms with van der Waals surface area (Å²) in [4.78, 5) is 29.9. The van der Waals surface area contributed by atoms with E-state index in [1.165, 1.54) is 5.56 Å².